The van der Waals surface area contributed by atoms with Crippen LogP contribution in [-0.4, -0.2) is 42.6 Å². The fraction of sp³-hybridized carbons (Fsp3) is 0.462. The zero-order valence-corrected chi connectivity index (χ0v) is 10.5. The number of hydrogen-bond acceptors (Lipinski definition) is 4. The number of rotatable bonds is 7. The van der Waals surface area contributed by atoms with Crippen molar-refractivity contribution in [2.24, 2.45) is 5.16 Å². The van der Waals surface area contributed by atoms with E-state index in [0.29, 0.717) is 6.61 Å². The van der Waals surface area contributed by atoms with Gasteiger partial charge in [0.2, 0.25) is 0 Å². The van der Waals surface area contributed by atoms with Gasteiger partial charge in [-0.05, 0) is 42.9 Å². The van der Waals surface area contributed by atoms with E-state index in [4.69, 9.17) is 9.94 Å². The molecule has 0 heterocycles. The van der Waals surface area contributed by atoms with Gasteiger partial charge in [0.1, 0.15) is 12.4 Å². The van der Waals surface area contributed by atoms with Crippen molar-refractivity contribution in [3.8, 4) is 5.75 Å². The summed E-state index contributed by atoms with van der Waals surface area (Å²) in [5.41, 5.74) is 0.851. The maximum absolute atomic E-state index is 8.38. The molecule has 0 unspecified atom stereocenters. The van der Waals surface area contributed by atoms with Crippen LogP contribution in [0.4, 0.5) is 0 Å². The van der Waals surface area contributed by atoms with Gasteiger partial charge in [-0.25, -0.2) is 0 Å². The first-order valence-corrected chi connectivity index (χ1v) is 5.92. The lowest BCUT2D eigenvalue weighted by Crippen LogP contribution is -2.27. The Morgan fingerprint density at radius 2 is 1.88 bits per heavy atom. The quantitative estimate of drug-likeness (QED) is 0.448. The van der Waals surface area contributed by atoms with Gasteiger partial charge >= 0.3 is 0 Å². The van der Waals surface area contributed by atoms with Crippen LogP contribution < -0.4 is 4.74 Å². The van der Waals surface area contributed by atoms with Crippen LogP contribution in [0, 0.1) is 0 Å². The molecule has 4 heteroatoms. The number of ether oxygens (including phenoxy) is 1. The fourth-order valence-corrected chi connectivity index (χ4v) is 1.55. The molecule has 0 bridgehead atoms. The number of nitrogens with zero attached hydrogens (tertiary/aromatic N) is 2. The molecular weight excluding hydrogens is 216 g/mol. The lowest BCUT2D eigenvalue weighted by molar-refractivity contribution is 0.223. The van der Waals surface area contributed by atoms with Crippen molar-refractivity contribution < 1.29 is 9.94 Å². The molecule has 0 spiro atoms. The largest absolute Gasteiger partial charge is 0.492 e. The Hall–Kier alpha value is -1.55. The van der Waals surface area contributed by atoms with Crippen molar-refractivity contribution in [2.45, 2.75) is 13.8 Å². The second kappa shape index (κ2) is 7.68. The molecular formula is C13H20N2O2. The SMILES string of the molecule is CCN(CC)CCOc1ccc(C=NO)cc1. The topological polar surface area (TPSA) is 45.1 Å². The molecule has 94 valence electrons. The first-order chi connectivity index (χ1) is 8.30. The van der Waals surface area contributed by atoms with Crippen LogP contribution in [0.15, 0.2) is 29.4 Å². The van der Waals surface area contributed by atoms with Gasteiger partial charge in [0.05, 0.1) is 6.21 Å². The van der Waals surface area contributed by atoms with Gasteiger partial charge in [-0.2, -0.15) is 0 Å². The highest BCUT2D eigenvalue weighted by molar-refractivity contribution is 5.79. The highest BCUT2D eigenvalue weighted by Gasteiger charge is 1.99. The Kier molecular flexibility index (Phi) is 6.10. The van der Waals surface area contributed by atoms with Gasteiger partial charge in [0.15, 0.2) is 0 Å². The van der Waals surface area contributed by atoms with E-state index in [1.54, 1.807) is 0 Å². The van der Waals surface area contributed by atoms with E-state index >= 15 is 0 Å². The second-order valence-corrected chi connectivity index (χ2v) is 3.69. The van der Waals surface area contributed by atoms with Crippen molar-refractivity contribution in [3.63, 3.8) is 0 Å². The Labute approximate surface area is 103 Å². The van der Waals surface area contributed by atoms with Gasteiger partial charge in [0.25, 0.3) is 0 Å². The zero-order valence-electron chi connectivity index (χ0n) is 10.5. The van der Waals surface area contributed by atoms with E-state index in [-0.39, 0.29) is 0 Å². The summed E-state index contributed by atoms with van der Waals surface area (Å²) >= 11 is 0. The molecule has 0 aliphatic rings. The molecule has 1 aromatic rings. The number of likely N-dealkylation sites (N-methyl/N-ethyl adjacent to an activating group) is 1. The van der Waals surface area contributed by atoms with Crippen molar-refractivity contribution in [3.05, 3.63) is 29.8 Å². The minimum absolute atomic E-state index is 0.690. The second-order valence-electron chi connectivity index (χ2n) is 3.69. The summed E-state index contributed by atoms with van der Waals surface area (Å²) in [5, 5.41) is 11.3. The van der Waals surface area contributed by atoms with Gasteiger partial charge < -0.3 is 14.8 Å². The van der Waals surface area contributed by atoms with Crippen LogP contribution in [0.5, 0.6) is 5.75 Å². The first-order valence-electron chi connectivity index (χ1n) is 5.92. The average molecular weight is 236 g/mol. The van der Waals surface area contributed by atoms with E-state index in [0.717, 1.165) is 30.9 Å². The molecule has 0 aliphatic heterocycles. The van der Waals surface area contributed by atoms with Crippen molar-refractivity contribution in [1.82, 2.24) is 4.90 Å². The van der Waals surface area contributed by atoms with Crippen molar-refractivity contribution in [1.29, 1.82) is 0 Å². The van der Waals surface area contributed by atoms with E-state index < -0.39 is 0 Å². The summed E-state index contributed by atoms with van der Waals surface area (Å²) in [6.07, 6.45) is 1.39. The van der Waals surface area contributed by atoms with E-state index in [1.165, 1.54) is 6.21 Å². The van der Waals surface area contributed by atoms with Crippen LogP contribution >= 0.6 is 0 Å². The van der Waals surface area contributed by atoms with E-state index in [1.807, 2.05) is 24.3 Å². The maximum atomic E-state index is 8.38. The summed E-state index contributed by atoms with van der Waals surface area (Å²) in [7, 11) is 0. The first kappa shape index (κ1) is 13.5. The summed E-state index contributed by atoms with van der Waals surface area (Å²) in [4.78, 5) is 2.31. The zero-order chi connectivity index (χ0) is 12.5. The van der Waals surface area contributed by atoms with Gasteiger partial charge in [-0.1, -0.05) is 19.0 Å². The van der Waals surface area contributed by atoms with Crippen molar-refractivity contribution in [2.75, 3.05) is 26.2 Å². The minimum Gasteiger partial charge on any atom is -0.492 e. The lowest BCUT2D eigenvalue weighted by atomic mass is 10.2. The number of oxime groups is 1. The molecule has 1 rings (SSSR count). The Bertz CT molecular complexity index is 332. The molecule has 0 radical (unpaired) electrons. The predicted octanol–water partition coefficient (Wildman–Crippen LogP) is 2.22. The molecule has 0 amide bonds. The average Bonchev–Trinajstić information content (AvgIpc) is 2.37. The summed E-state index contributed by atoms with van der Waals surface area (Å²) in [5.74, 6) is 0.840. The van der Waals surface area contributed by atoms with Crippen LogP contribution in [0.1, 0.15) is 19.4 Å². The highest BCUT2D eigenvalue weighted by Crippen LogP contribution is 2.10. The monoisotopic (exact) mass is 236 g/mol. The molecule has 0 saturated heterocycles. The Balaban J connectivity index is 2.36. The van der Waals surface area contributed by atoms with Gasteiger partial charge in [-0.3, -0.25) is 0 Å². The Morgan fingerprint density at radius 1 is 1.24 bits per heavy atom. The third-order valence-corrected chi connectivity index (χ3v) is 2.66. The van der Waals surface area contributed by atoms with Crippen LogP contribution in [0.25, 0.3) is 0 Å². The summed E-state index contributed by atoms with van der Waals surface area (Å²) in [6.45, 7) is 8.01. The molecule has 0 aliphatic carbocycles. The van der Waals surface area contributed by atoms with Crippen LogP contribution in [0.3, 0.4) is 0 Å². The van der Waals surface area contributed by atoms with E-state index in [2.05, 4.69) is 23.9 Å². The fourth-order valence-electron chi connectivity index (χ4n) is 1.55. The molecule has 0 fully saturated rings. The third-order valence-electron chi connectivity index (χ3n) is 2.66. The summed E-state index contributed by atoms with van der Waals surface area (Å²) in [6, 6.07) is 7.46. The lowest BCUT2D eigenvalue weighted by Gasteiger charge is -2.17. The molecule has 0 aromatic heterocycles. The third kappa shape index (κ3) is 4.87. The Morgan fingerprint density at radius 3 is 2.41 bits per heavy atom. The summed E-state index contributed by atoms with van der Waals surface area (Å²) < 4.78 is 5.62. The molecule has 1 aromatic carbocycles. The van der Waals surface area contributed by atoms with Gasteiger partial charge in [-0.15, -0.1) is 0 Å². The smallest absolute Gasteiger partial charge is 0.119 e. The molecule has 4 nitrogen and oxygen atoms in total. The molecule has 0 saturated carbocycles. The minimum atomic E-state index is 0.690. The molecule has 1 N–H and O–H groups in total. The van der Waals surface area contributed by atoms with Crippen LogP contribution in [-0.2, 0) is 0 Å². The van der Waals surface area contributed by atoms with Crippen molar-refractivity contribution >= 4 is 6.21 Å². The number of benzene rings is 1. The number of hydrogen-bond donors (Lipinski definition) is 1. The highest BCUT2D eigenvalue weighted by atomic mass is 16.5. The normalized spacial score (nSPS) is 11.2. The molecule has 0 atom stereocenters. The van der Waals surface area contributed by atoms with Crippen LogP contribution in [0.2, 0.25) is 0 Å². The standard InChI is InChI=1S/C13H20N2O2/c1-3-15(4-2)9-10-17-13-7-5-12(6-8-13)11-14-16/h5-8,11,16H,3-4,9-10H2,1-2H3. The molecule has 17 heavy (non-hydrogen) atoms. The predicted molar refractivity (Wildman–Crippen MR) is 69.1 cm³/mol. The van der Waals surface area contributed by atoms with Gasteiger partial charge in [0, 0.05) is 6.54 Å². The van der Waals surface area contributed by atoms with E-state index in [9.17, 15) is 0 Å². The maximum Gasteiger partial charge on any atom is 0.119 e.